The zero-order valence-electron chi connectivity index (χ0n) is 14.6. The van der Waals surface area contributed by atoms with Gasteiger partial charge >= 0.3 is 0 Å². The fraction of sp³-hybridized carbons (Fsp3) is 0.588. The Balaban J connectivity index is 0.00000441. The second-order valence-corrected chi connectivity index (χ2v) is 6.09. The standard InChI is InChI=1S/C17H29N3O.HI/c1-13-8-7-9-15(10-13)14(2)11-19-16(18-5)20-12-17(3,4)21-6;/h7-10,14H,11-12H2,1-6H3,(H2,18,19,20);1H. The molecule has 126 valence electrons. The van der Waals surface area contributed by atoms with Crippen LogP contribution < -0.4 is 10.6 Å². The van der Waals surface area contributed by atoms with Crippen molar-refractivity contribution in [3.63, 3.8) is 0 Å². The monoisotopic (exact) mass is 419 g/mol. The van der Waals surface area contributed by atoms with Gasteiger partial charge in [-0.05, 0) is 32.3 Å². The summed E-state index contributed by atoms with van der Waals surface area (Å²) in [6.07, 6.45) is 0. The number of halogens is 1. The molecule has 0 aliphatic rings. The third kappa shape index (κ3) is 7.45. The third-order valence-corrected chi connectivity index (χ3v) is 3.64. The molecule has 0 saturated heterocycles. The van der Waals surface area contributed by atoms with E-state index in [0.717, 1.165) is 12.5 Å². The molecule has 0 amide bonds. The van der Waals surface area contributed by atoms with Gasteiger partial charge in [-0.25, -0.2) is 0 Å². The lowest BCUT2D eigenvalue weighted by atomic mass is 9.99. The Morgan fingerprint density at radius 1 is 1.32 bits per heavy atom. The van der Waals surface area contributed by atoms with E-state index < -0.39 is 0 Å². The van der Waals surface area contributed by atoms with E-state index in [1.807, 2.05) is 13.8 Å². The molecule has 1 atom stereocenters. The maximum Gasteiger partial charge on any atom is 0.191 e. The Labute approximate surface area is 152 Å². The van der Waals surface area contributed by atoms with E-state index in [-0.39, 0.29) is 29.6 Å². The summed E-state index contributed by atoms with van der Waals surface area (Å²) in [4.78, 5) is 4.25. The number of aryl methyl sites for hydroxylation is 1. The van der Waals surface area contributed by atoms with Crippen molar-refractivity contribution < 1.29 is 4.74 Å². The smallest absolute Gasteiger partial charge is 0.191 e. The number of nitrogens with one attached hydrogen (secondary N) is 2. The Morgan fingerprint density at radius 2 is 2.00 bits per heavy atom. The van der Waals surface area contributed by atoms with Gasteiger partial charge in [0.1, 0.15) is 0 Å². The SMILES string of the molecule is CN=C(NCC(C)c1cccc(C)c1)NCC(C)(C)OC.I. The topological polar surface area (TPSA) is 45.7 Å². The summed E-state index contributed by atoms with van der Waals surface area (Å²) in [5.74, 6) is 1.23. The van der Waals surface area contributed by atoms with Crippen LogP contribution in [0.2, 0.25) is 0 Å². The Kier molecular flexibility index (Phi) is 9.67. The van der Waals surface area contributed by atoms with E-state index in [0.29, 0.717) is 12.5 Å². The average molecular weight is 419 g/mol. The Bertz CT molecular complexity index is 475. The lowest BCUT2D eigenvalue weighted by Crippen LogP contribution is -2.46. The Hall–Kier alpha value is -0.820. The van der Waals surface area contributed by atoms with Crippen molar-refractivity contribution in [2.75, 3.05) is 27.2 Å². The maximum atomic E-state index is 5.40. The van der Waals surface area contributed by atoms with Gasteiger partial charge in [-0.1, -0.05) is 36.8 Å². The Morgan fingerprint density at radius 3 is 2.55 bits per heavy atom. The van der Waals surface area contributed by atoms with Gasteiger partial charge in [0.05, 0.1) is 5.60 Å². The number of nitrogens with zero attached hydrogens (tertiary/aromatic N) is 1. The molecule has 0 radical (unpaired) electrons. The van der Waals surface area contributed by atoms with Crippen LogP contribution in [0.5, 0.6) is 0 Å². The molecule has 0 saturated carbocycles. The van der Waals surface area contributed by atoms with Gasteiger partial charge < -0.3 is 15.4 Å². The predicted octanol–water partition coefficient (Wildman–Crippen LogP) is 3.31. The molecule has 22 heavy (non-hydrogen) atoms. The summed E-state index contributed by atoms with van der Waals surface area (Å²) in [5, 5.41) is 6.66. The number of methoxy groups -OCH3 is 1. The number of aliphatic imine (C=N–C) groups is 1. The molecule has 4 nitrogen and oxygen atoms in total. The lowest BCUT2D eigenvalue weighted by Gasteiger charge is -2.25. The minimum Gasteiger partial charge on any atom is -0.377 e. The van der Waals surface area contributed by atoms with E-state index in [1.54, 1.807) is 14.2 Å². The van der Waals surface area contributed by atoms with Crippen LogP contribution in [0.3, 0.4) is 0 Å². The molecular formula is C17H30IN3O. The highest BCUT2D eigenvalue weighted by molar-refractivity contribution is 14.0. The molecule has 0 bridgehead atoms. The molecule has 0 aromatic heterocycles. The summed E-state index contributed by atoms with van der Waals surface area (Å²) in [7, 11) is 3.50. The number of rotatable bonds is 6. The fourth-order valence-electron chi connectivity index (χ4n) is 1.93. The van der Waals surface area contributed by atoms with E-state index in [1.165, 1.54) is 11.1 Å². The van der Waals surface area contributed by atoms with Crippen molar-refractivity contribution in [3.05, 3.63) is 35.4 Å². The summed E-state index contributed by atoms with van der Waals surface area (Å²) < 4.78 is 5.40. The summed E-state index contributed by atoms with van der Waals surface area (Å²) in [6.45, 7) is 9.98. The van der Waals surface area contributed by atoms with Crippen molar-refractivity contribution >= 4 is 29.9 Å². The van der Waals surface area contributed by atoms with E-state index in [4.69, 9.17) is 4.74 Å². The molecule has 1 aromatic rings. The first-order valence-electron chi connectivity index (χ1n) is 7.44. The molecule has 0 aliphatic carbocycles. The first-order valence-corrected chi connectivity index (χ1v) is 7.44. The zero-order valence-corrected chi connectivity index (χ0v) is 16.9. The highest BCUT2D eigenvalue weighted by Crippen LogP contribution is 2.15. The van der Waals surface area contributed by atoms with Crippen molar-refractivity contribution in [3.8, 4) is 0 Å². The van der Waals surface area contributed by atoms with Gasteiger partial charge in [0.2, 0.25) is 0 Å². The van der Waals surface area contributed by atoms with Crippen LogP contribution in [-0.2, 0) is 4.74 Å². The van der Waals surface area contributed by atoms with Gasteiger partial charge in [-0.3, -0.25) is 4.99 Å². The number of guanidine groups is 1. The fourth-order valence-corrected chi connectivity index (χ4v) is 1.93. The summed E-state index contributed by atoms with van der Waals surface area (Å²) in [6, 6.07) is 8.63. The van der Waals surface area contributed by atoms with Crippen molar-refractivity contribution in [2.24, 2.45) is 4.99 Å². The minimum atomic E-state index is -0.209. The van der Waals surface area contributed by atoms with Crippen molar-refractivity contribution in [1.82, 2.24) is 10.6 Å². The quantitative estimate of drug-likeness (QED) is 0.423. The molecule has 0 fully saturated rings. The van der Waals surface area contributed by atoms with Crippen LogP contribution in [0.4, 0.5) is 0 Å². The van der Waals surface area contributed by atoms with Crippen molar-refractivity contribution in [2.45, 2.75) is 39.2 Å². The molecule has 0 heterocycles. The third-order valence-electron chi connectivity index (χ3n) is 3.64. The number of hydrogen-bond donors (Lipinski definition) is 2. The molecule has 1 aromatic carbocycles. The number of hydrogen-bond acceptors (Lipinski definition) is 2. The van der Waals surface area contributed by atoms with Crippen LogP contribution in [0.15, 0.2) is 29.3 Å². The molecule has 0 aliphatic heterocycles. The van der Waals surface area contributed by atoms with Crippen LogP contribution >= 0.6 is 24.0 Å². The van der Waals surface area contributed by atoms with E-state index in [9.17, 15) is 0 Å². The molecule has 1 rings (SSSR count). The minimum absolute atomic E-state index is 0. The van der Waals surface area contributed by atoms with Gasteiger partial charge in [0, 0.05) is 27.2 Å². The molecular weight excluding hydrogens is 389 g/mol. The largest absolute Gasteiger partial charge is 0.377 e. The lowest BCUT2D eigenvalue weighted by molar-refractivity contribution is 0.0268. The normalized spacial score (nSPS) is 13.3. The average Bonchev–Trinajstić information content (AvgIpc) is 2.47. The molecule has 1 unspecified atom stereocenters. The number of benzene rings is 1. The van der Waals surface area contributed by atoms with Crippen LogP contribution in [0.1, 0.15) is 37.8 Å². The van der Waals surface area contributed by atoms with Gasteiger partial charge in [0.15, 0.2) is 5.96 Å². The molecule has 2 N–H and O–H groups in total. The molecule has 5 heteroatoms. The van der Waals surface area contributed by atoms with Crippen LogP contribution in [-0.4, -0.2) is 38.8 Å². The summed E-state index contributed by atoms with van der Waals surface area (Å²) >= 11 is 0. The predicted molar refractivity (Wildman–Crippen MR) is 105 cm³/mol. The van der Waals surface area contributed by atoms with Crippen LogP contribution in [0.25, 0.3) is 0 Å². The van der Waals surface area contributed by atoms with Gasteiger partial charge in [-0.2, -0.15) is 0 Å². The highest BCUT2D eigenvalue weighted by atomic mass is 127. The van der Waals surface area contributed by atoms with E-state index >= 15 is 0 Å². The second kappa shape index (κ2) is 10.0. The van der Waals surface area contributed by atoms with Gasteiger partial charge in [-0.15, -0.1) is 24.0 Å². The summed E-state index contributed by atoms with van der Waals surface area (Å²) in [5.41, 5.74) is 2.43. The first-order chi connectivity index (χ1) is 9.88. The van der Waals surface area contributed by atoms with Gasteiger partial charge in [0.25, 0.3) is 0 Å². The second-order valence-electron chi connectivity index (χ2n) is 6.09. The first kappa shape index (κ1) is 21.2. The number of ether oxygens (including phenoxy) is 1. The van der Waals surface area contributed by atoms with E-state index in [2.05, 4.69) is 53.7 Å². The highest BCUT2D eigenvalue weighted by Gasteiger charge is 2.16. The van der Waals surface area contributed by atoms with Crippen LogP contribution in [0, 0.1) is 6.92 Å². The zero-order chi connectivity index (χ0) is 15.9. The van der Waals surface area contributed by atoms with Crippen molar-refractivity contribution in [1.29, 1.82) is 0 Å². The maximum absolute atomic E-state index is 5.40. The molecule has 0 spiro atoms.